The van der Waals surface area contributed by atoms with Crippen LogP contribution in [0, 0.1) is 17.2 Å². The SMILES string of the molecule is CCCCC(=O)N(Cc1ccc(-c2ccccc2)c(C#N)c1)[C@H](C(=O)OC)C(C)C. The smallest absolute Gasteiger partial charge is 0.328 e. The van der Waals surface area contributed by atoms with Gasteiger partial charge in [-0.1, -0.05) is 69.7 Å². The molecule has 0 aliphatic rings. The monoisotopic (exact) mass is 406 g/mol. The van der Waals surface area contributed by atoms with Crippen LogP contribution in [-0.4, -0.2) is 29.9 Å². The summed E-state index contributed by atoms with van der Waals surface area (Å²) in [5.74, 6) is -0.593. The van der Waals surface area contributed by atoms with Crippen LogP contribution < -0.4 is 0 Å². The Labute approximate surface area is 179 Å². The molecule has 2 aromatic carbocycles. The van der Waals surface area contributed by atoms with Crippen molar-refractivity contribution < 1.29 is 14.3 Å². The lowest BCUT2D eigenvalue weighted by molar-refractivity contribution is -0.155. The summed E-state index contributed by atoms with van der Waals surface area (Å²) < 4.78 is 4.98. The fraction of sp³-hybridized carbons (Fsp3) is 0.400. The molecule has 5 nitrogen and oxygen atoms in total. The standard InChI is InChI=1S/C25H30N2O3/c1-5-6-12-23(28)27(24(18(2)3)25(29)30-4)17-19-13-14-22(21(15-19)16-26)20-10-8-7-9-11-20/h7-11,13-15,18,24H,5-6,12,17H2,1-4H3/t24-/m0/s1. The number of hydrogen-bond acceptors (Lipinski definition) is 4. The number of benzene rings is 2. The molecule has 0 aliphatic carbocycles. The van der Waals surface area contributed by atoms with Gasteiger partial charge in [-0.3, -0.25) is 4.79 Å². The summed E-state index contributed by atoms with van der Waals surface area (Å²) in [6, 6.07) is 16.9. The Balaban J connectivity index is 2.40. The largest absolute Gasteiger partial charge is 0.467 e. The molecular formula is C25H30N2O3. The number of nitrogens with zero attached hydrogens (tertiary/aromatic N) is 2. The van der Waals surface area contributed by atoms with Gasteiger partial charge in [0, 0.05) is 13.0 Å². The quantitative estimate of drug-likeness (QED) is 0.553. The fourth-order valence-electron chi connectivity index (χ4n) is 3.54. The summed E-state index contributed by atoms with van der Waals surface area (Å²) in [5.41, 5.74) is 3.16. The molecule has 1 amide bonds. The molecule has 158 valence electrons. The number of nitriles is 1. The zero-order valence-electron chi connectivity index (χ0n) is 18.2. The maximum absolute atomic E-state index is 13.0. The first-order chi connectivity index (χ1) is 14.4. The van der Waals surface area contributed by atoms with E-state index >= 15 is 0 Å². The maximum Gasteiger partial charge on any atom is 0.328 e. The van der Waals surface area contributed by atoms with Gasteiger partial charge in [0.1, 0.15) is 6.04 Å². The molecular weight excluding hydrogens is 376 g/mol. The van der Waals surface area contributed by atoms with Gasteiger partial charge in [0.2, 0.25) is 5.91 Å². The first-order valence-corrected chi connectivity index (χ1v) is 10.4. The Hall–Kier alpha value is -3.13. The van der Waals surface area contributed by atoms with E-state index in [1.54, 1.807) is 11.0 Å². The Morgan fingerprint density at radius 3 is 2.40 bits per heavy atom. The van der Waals surface area contributed by atoms with Crippen molar-refractivity contribution in [2.24, 2.45) is 5.92 Å². The van der Waals surface area contributed by atoms with E-state index in [1.165, 1.54) is 7.11 Å². The van der Waals surface area contributed by atoms with E-state index in [0.717, 1.165) is 29.5 Å². The van der Waals surface area contributed by atoms with E-state index in [9.17, 15) is 14.9 Å². The van der Waals surface area contributed by atoms with Gasteiger partial charge in [-0.05, 0) is 35.1 Å². The van der Waals surface area contributed by atoms with Crippen molar-refractivity contribution in [2.75, 3.05) is 7.11 Å². The molecule has 5 heteroatoms. The lowest BCUT2D eigenvalue weighted by Crippen LogP contribution is -2.48. The maximum atomic E-state index is 13.0. The minimum atomic E-state index is -0.668. The number of carbonyl (C=O) groups excluding carboxylic acids is 2. The minimum absolute atomic E-state index is 0.0772. The number of rotatable bonds is 9. The highest BCUT2D eigenvalue weighted by atomic mass is 16.5. The van der Waals surface area contributed by atoms with Crippen LogP contribution >= 0.6 is 0 Å². The van der Waals surface area contributed by atoms with E-state index in [0.29, 0.717) is 12.0 Å². The molecule has 2 rings (SSSR count). The lowest BCUT2D eigenvalue weighted by Gasteiger charge is -2.33. The lowest BCUT2D eigenvalue weighted by atomic mass is 9.96. The fourth-order valence-corrected chi connectivity index (χ4v) is 3.54. The van der Waals surface area contributed by atoms with E-state index in [1.807, 2.05) is 63.2 Å². The van der Waals surface area contributed by atoms with Gasteiger partial charge in [0.05, 0.1) is 18.7 Å². The summed E-state index contributed by atoms with van der Waals surface area (Å²) in [5, 5.41) is 9.68. The number of ether oxygens (including phenoxy) is 1. The van der Waals surface area contributed by atoms with Crippen LogP contribution in [0.4, 0.5) is 0 Å². The summed E-state index contributed by atoms with van der Waals surface area (Å²) in [6.07, 6.45) is 2.04. The van der Waals surface area contributed by atoms with Crippen LogP contribution in [0.1, 0.15) is 51.2 Å². The Morgan fingerprint density at radius 2 is 1.83 bits per heavy atom. The van der Waals surface area contributed by atoms with Gasteiger partial charge in [0.15, 0.2) is 0 Å². The molecule has 2 aromatic rings. The number of hydrogen-bond donors (Lipinski definition) is 0. The van der Waals surface area contributed by atoms with Crippen LogP contribution in [-0.2, 0) is 20.9 Å². The molecule has 0 aliphatic heterocycles. The van der Waals surface area contributed by atoms with Gasteiger partial charge in [0.25, 0.3) is 0 Å². The topological polar surface area (TPSA) is 70.4 Å². The van der Waals surface area contributed by atoms with Gasteiger partial charge < -0.3 is 9.64 Å². The molecule has 0 fully saturated rings. The van der Waals surface area contributed by atoms with Crippen molar-refractivity contribution in [1.29, 1.82) is 5.26 Å². The Morgan fingerprint density at radius 1 is 1.13 bits per heavy atom. The molecule has 0 N–H and O–H groups in total. The van der Waals surface area contributed by atoms with E-state index < -0.39 is 12.0 Å². The summed E-state index contributed by atoms with van der Waals surface area (Å²) in [7, 11) is 1.34. The first-order valence-electron chi connectivity index (χ1n) is 10.4. The average molecular weight is 407 g/mol. The minimum Gasteiger partial charge on any atom is -0.467 e. The molecule has 0 saturated heterocycles. The van der Waals surface area contributed by atoms with Crippen LogP contribution in [0.5, 0.6) is 0 Å². The van der Waals surface area contributed by atoms with Crippen LogP contribution in [0.2, 0.25) is 0 Å². The first kappa shape index (κ1) is 23.2. The summed E-state index contributed by atoms with van der Waals surface area (Å²) in [6.45, 7) is 6.09. The van der Waals surface area contributed by atoms with Crippen LogP contribution in [0.15, 0.2) is 48.5 Å². The Kier molecular flexibility index (Phi) is 8.61. The molecule has 0 bridgehead atoms. The second-order valence-electron chi connectivity index (χ2n) is 7.69. The second-order valence-corrected chi connectivity index (χ2v) is 7.69. The van der Waals surface area contributed by atoms with Gasteiger partial charge in [-0.15, -0.1) is 0 Å². The molecule has 0 radical (unpaired) electrons. The van der Waals surface area contributed by atoms with Crippen molar-refractivity contribution in [2.45, 2.75) is 52.6 Å². The van der Waals surface area contributed by atoms with Gasteiger partial charge in [-0.25, -0.2) is 4.79 Å². The summed E-state index contributed by atoms with van der Waals surface area (Å²) in [4.78, 5) is 27.0. The number of unbranched alkanes of at least 4 members (excludes halogenated alkanes) is 1. The molecule has 0 saturated carbocycles. The Bertz CT molecular complexity index is 900. The number of amides is 1. The van der Waals surface area contributed by atoms with Crippen molar-refractivity contribution in [1.82, 2.24) is 4.90 Å². The van der Waals surface area contributed by atoms with E-state index in [4.69, 9.17) is 4.74 Å². The highest BCUT2D eigenvalue weighted by molar-refractivity contribution is 5.84. The predicted molar refractivity (Wildman–Crippen MR) is 117 cm³/mol. The number of esters is 1. The van der Waals surface area contributed by atoms with Crippen LogP contribution in [0.3, 0.4) is 0 Å². The average Bonchev–Trinajstić information content (AvgIpc) is 2.76. The summed E-state index contributed by atoms with van der Waals surface area (Å²) >= 11 is 0. The molecule has 30 heavy (non-hydrogen) atoms. The van der Waals surface area contributed by atoms with E-state index in [2.05, 4.69) is 6.07 Å². The highest BCUT2D eigenvalue weighted by Crippen LogP contribution is 2.26. The van der Waals surface area contributed by atoms with Crippen molar-refractivity contribution in [3.05, 3.63) is 59.7 Å². The molecule has 0 heterocycles. The third-order valence-electron chi connectivity index (χ3n) is 5.12. The van der Waals surface area contributed by atoms with E-state index in [-0.39, 0.29) is 18.4 Å². The molecule has 0 unspecified atom stereocenters. The number of methoxy groups -OCH3 is 1. The normalized spacial score (nSPS) is 11.6. The van der Waals surface area contributed by atoms with Crippen LogP contribution in [0.25, 0.3) is 11.1 Å². The molecule has 0 spiro atoms. The third-order valence-corrected chi connectivity index (χ3v) is 5.12. The van der Waals surface area contributed by atoms with Crippen molar-refractivity contribution in [3.63, 3.8) is 0 Å². The second kappa shape index (κ2) is 11.2. The molecule has 0 aromatic heterocycles. The third kappa shape index (κ3) is 5.70. The van der Waals surface area contributed by atoms with Crippen molar-refractivity contribution >= 4 is 11.9 Å². The zero-order chi connectivity index (χ0) is 22.1. The zero-order valence-corrected chi connectivity index (χ0v) is 18.2. The molecule has 1 atom stereocenters. The predicted octanol–water partition coefficient (Wildman–Crippen LogP) is 4.94. The highest BCUT2D eigenvalue weighted by Gasteiger charge is 2.33. The van der Waals surface area contributed by atoms with Crippen molar-refractivity contribution in [3.8, 4) is 17.2 Å². The van der Waals surface area contributed by atoms with Gasteiger partial charge in [-0.2, -0.15) is 5.26 Å². The van der Waals surface area contributed by atoms with Gasteiger partial charge >= 0.3 is 5.97 Å². The number of carbonyl (C=O) groups is 2.